The van der Waals surface area contributed by atoms with Crippen LogP contribution in [0.1, 0.15) is 0 Å². The fourth-order valence-electron chi connectivity index (χ4n) is 1.79. The topological polar surface area (TPSA) is 30.7 Å². The molecule has 0 atom stereocenters. The van der Waals surface area contributed by atoms with E-state index < -0.39 is 0 Å². The van der Waals surface area contributed by atoms with Crippen LogP contribution in [0.2, 0.25) is 5.02 Å². The molecule has 2 heterocycles. The number of hydrogen-bond acceptors (Lipinski definition) is 2. The Balaban J connectivity index is 2.02. The van der Waals surface area contributed by atoms with Gasteiger partial charge in [-0.25, -0.2) is 9.67 Å². The van der Waals surface area contributed by atoms with E-state index >= 15 is 0 Å². The second-order valence-corrected chi connectivity index (χ2v) is 5.32. The summed E-state index contributed by atoms with van der Waals surface area (Å²) >= 11 is 9.50. The van der Waals surface area contributed by atoms with Gasteiger partial charge in [0.05, 0.1) is 11.2 Å². The highest BCUT2D eigenvalue weighted by molar-refractivity contribution is 9.10. The largest absolute Gasteiger partial charge is 0.235 e. The third kappa shape index (κ3) is 2.55. The van der Waals surface area contributed by atoms with Gasteiger partial charge in [-0.3, -0.25) is 0 Å². The lowest BCUT2D eigenvalue weighted by atomic mass is 10.1. The lowest BCUT2D eigenvalue weighted by Crippen LogP contribution is -1.98. The van der Waals surface area contributed by atoms with Crippen LogP contribution in [0.3, 0.4) is 0 Å². The minimum atomic E-state index is 0.553. The average molecular weight is 335 g/mol. The van der Waals surface area contributed by atoms with Crippen molar-refractivity contribution in [2.75, 3.05) is 0 Å². The van der Waals surface area contributed by atoms with E-state index in [0.717, 1.165) is 15.6 Å². The van der Waals surface area contributed by atoms with Gasteiger partial charge in [0.15, 0.2) is 5.82 Å². The predicted octanol–water partition coefficient (Wildman–Crippen LogP) is 4.35. The van der Waals surface area contributed by atoms with Gasteiger partial charge in [-0.15, -0.1) is 0 Å². The number of aromatic nitrogens is 3. The summed E-state index contributed by atoms with van der Waals surface area (Å²) in [6.45, 7) is 0. The number of hydrogen-bond donors (Lipinski definition) is 0. The fraction of sp³-hybridized carbons (Fsp3) is 0. The molecule has 19 heavy (non-hydrogen) atoms. The van der Waals surface area contributed by atoms with Crippen LogP contribution >= 0.6 is 27.5 Å². The summed E-state index contributed by atoms with van der Waals surface area (Å²) in [6.07, 6.45) is 5.41. The average Bonchev–Trinajstić information content (AvgIpc) is 2.89. The van der Waals surface area contributed by atoms with Crippen molar-refractivity contribution in [3.05, 3.63) is 64.5 Å². The molecule has 0 saturated heterocycles. The molecule has 3 nitrogen and oxygen atoms in total. The lowest BCUT2D eigenvalue weighted by molar-refractivity contribution is 0.846. The summed E-state index contributed by atoms with van der Waals surface area (Å²) in [6, 6.07) is 11.9. The van der Waals surface area contributed by atoms with Gasteiger partial charge in [0.25, 0.3) is 0 Å². The molecule has 0 aliphatic heterocycles. The zero-order chi connectivity index (χ0) is 13.2. The summed E-state index contributed by atoms with van der Waals surface area (Å²) < 4.78 is 2.52. The van der Waals surface area contributed by atoms with E-state index in [4.69, 9.17) is 11.6 Å². The molecule has 0 fully saturated rings. The number of halogens is 2. The van der Waals surface area contributed by atoms with Gasteiger partial charge in [0, 0.05) is 22.4 Å². The van der Waals surface area contributed by atoms with Crippen LogP contribution in [0.15, 0.2) is 59.5 Å². The highest BCUT2D eigenvalue weighted by atomic mass is 79.9. The molecule has 0 spiro atoms. The molecule has 0 N–H and O–H groups in total. The normalized spacial score (nSPS) is 10.6. The van der Waals surface area contributed by atoms with Crippen LogP contribution < -0.4 is 0 Å². The fourth-order valence-corrected chi connectivity index (χ4v) is 2.51. The van der Waals surface area contributed by atoms with Gasteiger partial charge in [-0.2, -0.15) is 5.10 Å². The van der Waals surface area contributed by atoms with Crippen molar-refractivity contribution in [2.24, 2.45) is 0 Å². The van der Waals surface area contributed by atoms with Crippen LogP contribution in [0, 0.1) is 0 Å². The number of rotatable bonds is 2. The zero-order valence-corrected chi connectivity index (χ0v) is 12.1. The Morgan fingerprint density at radius 1 is 1.05 bits per heavy atom. The SMILES string of the molecule is Clc1cc(Br)cnc1-n1cc(-c2ccccc2)cn1. The molecule has 0 bridgehead atoms. The van der Waals surface area contributed by atoms with E-state index in [1.54, 1.807) is 23.1 Å². The van der Waals surface area contributed by atoms with Gasteiger partial charge in [-0.05, 0) is 27.6 Å². The molecule has 0 radical (unpaired) electrons. The first-order valence-electron chi connectivity index (χ1n) is 5.65. The molecule has 5 heteroatoms. The third-order valence-electron chi connectivity index (χ3n) is 2.70. The molecule has 0 aliphatic rings. The van der Waals surface area contributed by atoms with Gasteiger partial charge in [0.1, 0.15) is 0 Å². The van der Waals surface area contributed by atoms with Gasteiger partial charge < -0.3 is 0 Å². The third-order valence-corrected chi connectivity index (χ3v) is 3.41. The van der Waals surface area contributed by atoms with E-state index in [2.05, 4.69) is 26.0 Å². The predicted molar refractivity (Wildman–Crippen MR) is 79.5 cm³/mol. The first kappa shape index (κ1) is 12.4. The van der Waals surface area contributed by atoms with E-state index in [1.165, 1.54) is 0 Å². The van der Waals surface area contributed by atoms with Gasteiger partial charge in [0.2, 0.25) is 0 Å². The number of nitrogens with zero attached hydrogens (tertiary/aromatic N) is 3. The Morgan fingerprint density at radius 2 is 1.84 bits per heavy atom. The molecule has 0 saturated carbocycles. The van der Waals surface area contributed by atoms with Crippen LogP contribution in [0.5, 0.6) is 0 Å². The molecule has 0 aliphatic carbocycles. The molecule has 94 valence electrons. The highest BCUT2D eigenvalue weighted by Gasteiger charge is 2.08. The Morgan fingerprint density at radius 3 is 2.58 bits per heavy atom. The summed E-state index contributed by atoms with van der Waals surface area (Å²) in [7, 11) is 0. The number of benzene rings is 1. The van der Waals surface area contributed by atoms with Crippen molar-refractivity contribution in [1.29, 1.82) is 0 Å². The molecule has 0 amide bonds. The minimum absolute atomic E-state index is 0.553. The maximum atomic E-state index is 6.17. The van der Waals surface area contributed by atoms with E-state index in [9.17, 15) is 0 Å². The maximum Gasteiger partial charge on any atom is 0.172 e. The van der Waals surface area contributed by atoms with Crippen LogP contribution in [-0.2, 0) is 0 Å². The highest BCUT2D eigenvalue weighted by Crippen LogP contribution is 2.24. The second kappa shape index (κ2) is 5.15. The van der Waals surface area contributed by atoms with Crippen molar-refractivity contribution >= 4 is 27.5 Å². The van der Waals surface area contributed by atoms with Crippen molar-refractivity contribution in [3.63, 3.8) is 0 Å². The van der Waals surface area contributed by atoms with E-state index in [-0.39, 0.29) is 0 Å². The summed E-state index contributed by atoms with van der Waals surface area (Å²) in [5.41, 5.74) is 2.14. The quantitative estimate of drug-likeness (QED) is 0.697. The Kier molecular flexibility index (Phi) is 3.36. The lowest BCUT2D eigenvalue weighted by Gasteiger charge is -2.02. The summed E-state index contributed by atoms with van der Waals surface area (Å²) in [5.74, 6) is 0.618. The van der Waals surface area contributed by atoms with Gasteiger partial charge in [-0.1, -0.05) is 41.9 Å². The summed E-state index contributed by atoms with van der Waals surface area (Å²) in [5, 5.41) is 4.86. The Labute approximate surface area is 124 Å². The molecular weight excluding hydrogens is 326 g/mol. The van der Waals surface area contributed by atoms with Gasteiger partial charge >= 0.3 is 0 Å². The summed E-state index contributed by atoms with van der Waals surface area (Å²) in [4.78, 5) is 4.28. The van der Waals surface area contributed by atoms with Crippen molar-refractivity contribution in [3.8, 4) is 16.9 Å². The van der Waals surface area contributed by atoms with E-state index in [1.807, 2.05) is 36.5 Å². The molecule has 3 aromatic rings. The van der Waals surface area contributed by atoms with Crippen molar-refractivity contribution < 1.29 is 0 Å². The Hall–Kier alpha value is -1.65. The van der Waals surface area contributed by atoms with Crippen LogP contribution in [-0.4, -0.2) is 14.8 Å². The molecule has 0 unspecified atom stereocenters. The standard InChI is InChI=1S/C14H9BrClN3/c15-12-6-13(16)14(17-8-12)19-9-11(7-18-19)10-4-2-1-3-5-10/h1-9H. The smallest absolute Gasteiger partial charge is 0.172 e. The van der Waals surface area contributed by atoms with Crippen molar-refractivity contribution in [1.82, 2.24) is 14.8 Å². The molecule has 3 rings (SSSR count). The first-order chi connectivity index (χ1) is 9.24. The van der Waals surface area contributed by atoms with E-state index in [0.29, 0.717) is 10.8 Å². The zero-order valence-electron chi connectivity index (χ0n) is 9.79. The van der Waals surface area contributed by atoms with Crippen molar-refractivity contribution in [2.45, 2.75) is 0 Å². The van der Waals surface area contributed by atoms with Crippen LogP contribution in [0.4, 0.5) is 0 Å². The monoisotopic (exact) mass is 333 g/mol. The molecule has 1 aromatic carbocycles. The molecule has 2 aromatic heterocycles. The maximum absolute atomic E-state index is 6.17. The Bertz CT molecular complexity index is 710. The second-order valence-electron chi connectivity index (χ2n) is 4.00. The minimum Gasteiger partial charge on any atom is -0.235 e. The first-order valence-corrected chi connectivity index (χ1v) is 6.82. The number of pyridine rings is 1. The molecular formula is C14H9BrClN3. The van der Waals surface area contributed by atoms with Crippen LogP contribution in [0.25, 0.3) is 16.9 Å².